The Morgan fingerprint density at radius 1 is 0.726 bits per heavy atom. The Hall–Kier alpha value is -0.213. The fourth-order valence-electron chi connectivity index (χ4n) is 13.2. The molecule has 0 N–H and O–H groups in total. The van der Waals surface area contributed by atoms with E-state index in [0.29, 0.717) is 22.7 Å². The third-order valence-corrected chi connectivity index (χ3v) is 19.3. The van der Waals surface area contributed by atoms with Gasteiger partial charge in [-0.3, -0.25) is 4.79 Å². The topological polar surface area (TPSA) is 54.0 Å². The zero-order valence-corrected chi connectivity index (χ0v) is 44.9. The lowest BCUT2D eigenvalue weighted by atomic mass is 9.44. The van der Waals surface area contributed by atoms with Crippen molar-refractivity contribution in [1.82, 2.24) is 0 Å². The van der Waals surface area contributed by atoms with Crippen molar-refractivity contribution in [2.75, 3.05) is 18.5 Å². The van der Waals surface area contributed by atoms with Crippen LogP contribution in [0, 0.1) is 51.8 Å². The van der Waals surface area contributed by atoms with Crippen LogP contribution in [0.15, 0.2) is 12.2 Å². The number of hydrogen-bond acceptors (Lipinski definition) is 5. The Bertz CT molecular complexity index is 1270. The summed E-state index contributed by atoms with van der Waals surface area (Å²) in [6.45, 7) is 22.2. The normalized spacial score (nSPS) is 29.9. The number of halogens is 1. The van der Waals surface area contributed by atoms with Crippen molar-refractivity contribution in [3.05, 3.63) is 12.2 Å². The highest BCUT2D eigenvalue weighted by Gasteiger charge is 2.61. The first-order valence-electron chi connectivity index (χ1n) is 27.0. The van der Waals surface area contributed by atoms with Crippen molar-refractivity contribution in [2.45, 2.75) is 260 Å². The van der Waals surface area contributed by atoms with E-state index < -0.39 is 14.0 Å². The molecule has 0 aromatic heterocycles. The van der Waals surface area contributed by atoms with Gasteiger partial charge in [0.1, 0.15) is 12.4 Å². The van der Waals surface area contributed by atoms with Crippen molar-refractivity contribution in [3.63, 3.8) is 0 Å². The van der Waals surface area contributed by atoms with Crippen molar-refractivity contribution in [3.8, 4) is 0 Å². The molecule has 0 aromatic carbocycles. The van der Waals surface area contributed by atoms with Gasteiger partial charge < -0.3 is 18.3 Å². The van der Waals surface area contributed by atoms with E-state index in [1.165, 1.54) is 154 Å². The highest BCUT2D eigenvalue weighted by atomic mass is 79.9. The molecule has 4 rings (SSSR count). The molecule has 4 aliphatic carbocycles. The number of carbonyl (C=O) groups excluding carboxylic acids is 1. The Kier molecular flexibility index (Phi) is 24.2. The summed E-state index contributed by atoms with van der Waals surface area (Å²) in [5.41, 5.74) is 0.416. The summed E-state index contributed by atoms with van der Waals surface area (Å²) in [6, 6.07) is 0. The first kappa shape index (κ1) is 54.4. The molecule has 0 aromatic rings. The maximum absolute atomic E-state index is 12.8. The molecule has 7 heteroatoms. The average Bonchev–Trinajstić information content (AvgIpc) is 3.59. The van der Waals surface area contributed by atoms with Gasteiger partial charge in [-0.15, -0.1) is 0 Å². The Balaban J connectivity index is 1.22. The number of hydrogen-bond donors (Lipinski definition) is 0. The van der Waals surface area contributed by atoms with E-state index in [-0.39, 0.29) is 18.4 Å². The minimum Gasteiger partial charge on any atom is -0.462 e. The molecule has 6 unspecified atom stereocenters. The van der Waals surface area contributed by atoms with Crippen LogP contribution in [0.5, 0.6) is 0 Å². The van der Waals surface area contributed by atoms with E-state index in [4.69, 9.17) is 18.3 Å². The third kappa shape index (κ3) is 17.1. The lowest BCUT2D eigenvalue weighted by molar-refractivity contribution is -0.170. The van der Waals surface area contributed by atoms with Crippen LogP contribution >= 0.6 is 15.9 Å². The SMILES string of the molecule is CCCCCCCC/C=C\CCCCCCCCOC(CC[C@@H](C)C1CCC2C3CCC4C[C@H](OC(=O)C(C)(C)C)CC[C@]4(C)C3CC[C@@]21C)O[Si](C)(C)OCCCCCCBr. The lowest BCUT2D eigenvalue weighted by Gasteiger charge is -2.61. The van der Waals surface area contributed by atoms with E-state index in [9.17, 15) is 4.79 Å². The summed E-state index contributed by atoms with van der Waals surface area (Å²) in [5, 5.41) is 1.09. The van der Waals surface area contributed by atoms with Crippen molar-refractivity contribution < 1.29 is 23.1 Å². The van der Waals surface area contributed by atoms with E-state index in [1.54, 1.807) is 0 Å². The lowest BCUT2D eigenvalue weighted by Crippen LogP contribution is -2.54. The molecule has 10 atom stereocenters. The van der Waals surface area contributed by atoms with Gasteiger partial charge in [0.05, 0.1) is 5.41 Å². The molecule has 4 fully saturated rings. The van der Waals surface area contributed by atoms with Gasteiger partial charge in [-0.25, -0.2) is 0 Å². The molecule has 362 valence electrons. The predicted molar refractivity (Wildman–Crippen MR) is 269 cm³/mol. The molecule has 0 radical (unpaired) electrons. The standard InChI is InChI=1S/C55H101BrO5Si/c1-10-11-12-13-14-15-16-17-18-19-20-21-22-23-25-28-41-58-51(61-62(8,9)59-42-29-26-24-27-40-56)35-30-44(2)48-33-34-49-47-32-31-45-43-46(60-52(57)53(3,4)5)36-38-54(45,6)50(47)37-39-55(48,49)7/h17-18,44-51H,10-16,19-43H2,1-9H3/b18-17-/t44-,45?,46-,47?,48?,49?,50?,51?,54+,55-/m1/s1. The summed E-state index contributed by atoms with van der Waals surface area (Å²) in [4.78, 5) is 12.8. The zero-order valence-electron chi connectivity index (χ0n) is 42.3. The second-order valence-electron chi connectivity index (χ2n) is 23.2. The van der Waals surface area contributed by atoms with Gasteiger partial charge in [-0.05, 0) is 196 Å². The van der Waals surface area contributed by atoms with Gasteiger partial charge in [0, 0.05) is 18.5 Å². The number of fused-ring (bicyclic) bond motifs is 5. The maximum Gasteiger partial charge on any atom is 0.333 e. The second kappa shape index (κ2) is 27.6. The van der Waals surface area contributed by atoms with Crippen LogP contribution in [-0.4, -0.2) is 45.5 Å². The van der Waals surface area contributed by atoms with Crippen molar-refractivity contribution in [1.29, 1.82) is 0 Å². The van der Waals surface area contributed by atoms with Crippen molar-refractivity contribution >= 4 is 30.5 Å². The number of ether oxygens (including phenoxy) is 2. The number of carbonyl (C=O) groups is 1. The number of esters is 1. The highest BCUT2D eigenvalue weighted by molar-refractivity contribution is 9.09. The molecule has 0 amide bonds. The van der Waals surface area contributed by atoms with E-state index >= 15 is 0 Å². The Labute approximate surface area is 394 Å². The van der Waals surface area contributed by atoms with Gasteiger partial charge >= 0.3 is 14.5 Å². The number of alkyl halides is 1. The van der Waals surface area contributed by atoms with Crippen LogP contribution < -0.4 is 0 Å². The van der Waals surface area contributed by atoms with Gasteiger partial charge in [-0.1, -0.05) is 126 Å². The van der Waals surface area contributed by atoms with E-state index in [2.05, 4.69) is 68.9 Å². The molecule has 4 aliphatic rings. The molecular weight excluding hydrogens is 849 g/mol. The van der Waals surface area contributed by atoms with Crippen LogP contribution in [0.4, 0.5) is 0 Å². The molecular formula is C55H101BrO5Si. The quantitative estimate of drug-likeness (QED) is 0.0173. The van der Waals surface area contributed by atoms with Crippen LogP contribution in [-0.2, 0) is 23.1 Å². The van der Waals surface area contributed by atoms with E-state index in [1.807, 2.05) is 20.8 Å². The van der Waals surface area contributed by atoms with E-state index in [0.717, 1.165) is 74.3 Å². The summed E-state index contributed by atoms with van der Waals surface area (Å²) in [7, 11) is -2.32. The molecule has 62 heavy (non-hydrogen) atoms. The zero-order chi connectivity index (χ0) is 45.1. The molecule has 4 saturated carbocycles. The highest BCUT2D eigenvalue weighted by Crippen LogP contribution is 2.68. The van der Waals surface area contributed by atoms with Crippen LogP contribution in [0.1, 0.15) is 235 Å². The fourth-order valence-corrected chi connectivity index (χ4v) is 15.1. The maximum atomic E-state index is 12.8. The molecule has 5 nitrogen and oxygen atoms in total. The van der Waals surface area contributed by atoms with Crippen LogP contribution in [0.25, 0.3) is 0 Å². The minimum absolute atomic E-state index is 0.0245. The molecule has 0 saturated heterocycles. The van der Waals surface area contributed by atoms with Gasteiger partial charge in [0.15, 0.2) is 0 Å². The number of allylic oxidation sites excluding steroid dienone is 2. The third-order valence-electron chi connectivity index (χ3n) is 17.0. The largest absolute Gasteiger partial charge is 0.462 e. The number of rotatable bonds is 31. The first-order valence-corrected chi connectivity index (χ1v) is 30.9. The second-order valence-corrected chi connectivity index (χ2v) is 27.3. The summed E-state index contributed by atoms with van der Waals surface area (Å²) < 4.78 is 26.2. The molecule has 0 aliphatic heterocycles. The first-order chi connectivity index (χ1) is 29.6. The fraction of sp³-hybridized carbons (Fsp3) is 0.945. The molecule has 0 bridgehead atoms. The summed E-state index contributed by atoms with van der Waals surface area (Å²) >= 11 is 3.57. The summed E-state index contributed by atoms with van der Waals surface area (Å²) in [6.07, 6.45) is 41.9. The van der Waals surface area contributed by atoms with Gasteiger partial charge in [0.2, 0.25) is 0 Å². The summed E-state index contributed by atoms with van der Waals surface area (Å²) in [5.74, 6) is 4.67. The Morgan fingerprint density at radius 3 is 1.98 bits per heavy atom. The van der Waals surface area contributed by atoms with Gasteiger partial charge in [0.25, 0.3) is 0 Å². The van der Waals surface area contributed by atoms with Crippen LogP contribution in [0.3, 0.4) is 0 Å². The van der Waals surface area contributed by atoms with Gasteiger partial charge in [-0.2, -0.15) is 0 Å². The average molecular weight is 950 g/mol. The molecule has 0 spiro atoms. The minimum atomic E-state index is -2.32. The molecule has 0 heterocycles. The smallest absolute Gasteiger partial charge is 0.333 e. The number of unbranched alkanes of at least 4 members (excludes halogenated alkanes) is 15. The Morgan fingerprint density at radius 2 is 1.32 bits per heavy atom. The van der Waals surface area contributed by atoms with Crippen molar-refractivity contribution in [2.24, 2.45) is 51.8 Å². The predicted octanol–water partition coefficient (Wildman–Crippen LogP) is 17.1. The van der Waals surface area contributed by atoms with Crippen LogP contribution in [0.2, 0.25) is 13.1 Å². The monoisotopic (exact) mass is 949 g/mol.